The van der Waals surface area contributed by atoms with Gasteiger partial charge in [-0.2, -0.15) is 5.26 Å². The third-order valence-electron chi connectivity index (χ3n) is 1.17. The summed E-state index contributed by atoms with van der Waals surface area (Å²) < 4.78 is 4.47. The zero-order chi connectivity index (χ0) is 10.3. The van der Waals surface area contributed by atoms with Gasteiger partial charge in [-0.25, -0.2) is 4.79 Å². The smallest absolute Gasteiger partial charge is 0.327 e. The summed E-state index contributed by atoms with van der Waals surface area (Å²) in [5, 5.41) is 8.11. The fourth-order valence-corrected chi connectivity index (χ4v) is 0.573. The molecule has 0 aromatic carbocycles. The molecule has 0 radical (unpaired) electrons. The fraction of sp³-hybridized carbons (Fsp3) is 0.500. The Kier molecular flexibility index (Phi) is 5.52. The molecule has 0 spiro atoms. The van der Waals surface area contributed by atoms with Crippen LogP contribution >= 0.6 is 0 Å². The van der Waals surface area contributed by atoms with Gasteiger partial charge in [-0.05, 0) is 6.92 Å². The van der Waals surface area contributed by atoms with Gasteiger partial charge in [-0.3, -0.25) is 0 Å². The third kappa shape index (κ3) is 5.84. The highest BCUT2D eigenvalue weighted by Crippen LogP contribution is 1.89. The Bertz CT molecular complexity index is 230. The molecule has 5 heteroatoms. The van der Waals surface area contributed by atoms with Gasteiger partial charge in [0.25, 0.3) is 0 Å². The van der Waals surface area contributed by atoms with Crippen molar-refractivity contribution in [2.45, 2.75) is 19.0 Å². The predicted molar refractivity (Wildman–Crippen MR) is 47.3 cm³/mol. The van der Waals surface area contributed by atoms with E-state index >= 15 is 0 Å². The lowest BCUT2D eigenvalue weighted by molar-refractivity contribution is -0.142. The van der Waals surface area contributed by atoms with Crippen molar-refractivity contribution in [2.75, 3.05) is 6.61 Å². The summed E-state index contributed by atoms with van der Waals surface area (Å²) >= 11 is 0. The molecule has 0 aliphatic rings. The number of nitrogens with two attached hydrogens (primary N) is 2. The quantitative estimate of drug-likeness (QED) is 0.442. The summed E-state index contributed by atoms with van der Waals surface area (Å²) in [6, 6.07) is 0.666. The van der Waals surface area contributed by atoms with Crippen molar-refractivity contribution < 1.29 is 9.53 Å². The SMILES string of the molecule is CC(N)/C=C\C(N)C(=O)OCC#N. The number of esters is 1. The van der Waals surface area contributed by atoms with Crippen molar-refractivity contribution >= 4 is 5.97 Å². The number of hydrogen-bond donors (Lipinski definition) is 2. The highest BCUT2D eigenvalue weighted by molar-refractivity contribution is 5.77. The highest BCUT2D eigenvalue weighted by Gasteiger charge is 2.10. The van der Waals surface area contributed by atoms with E-state index in [2.05, 4.69) is 4.74 Å². The second kappa shape index (κ2) is 6.17. The van der Waals surface area contributed by atoms with Crippen molar-refractivity contribution in [3.05, 3.63) is 12.2 Å². The Hall–Kier alpha value is -1.38. The van der Waals surface area contributed by atoms with Gasteiger partial charge >= 0.3 is 5.97 Å². The topological polar surface area (TPSA) is 102 Å². The first-order valence-electron chi connectivity index (χ1n) is 3.81. The molecule has 0 aliphatic carbocycles. The number of hydrogen-bond acceptors (Lipinski definition) is 5. The minimum atomic E-state index is -0.848. The molecule has 0 saturated heterocycles. The largest absolute Gasteiger partial charge is 0.449 e. The van der Waals surface area contributed by atoms with Crippen LogP contribution in [0.15, 0.2) is 12.2 Å². The first-order valence-corrected chi connectivity index (χ1v) is 3.81. The number of rotatable bonds is 4. The van der Waals surface area contributed by atoms with E-state index in [4.69, 9.17) is 16.7 Å². The van der Waals surface area contributed by atoms with Gasteiger partial charge in [0, 0.05) is 6.04 Å². The van der Waals surface area contributed by atoms with E-state index in [9.17, 15) is 4.79 Å². The summed E-state index contributed by atoms with van der Waals surface area (Å²) in [7, 11) is 0. The first kappa shape index (κ1) is 11.6. The van der Waals surface area contributed by atoms with Crippen molar-refractivity contribution in [2.24, 2.45) is 11.5 Å². The summed E-state index contributed by atoms with van der Waals surface area (Å²) in [5.41, 5.74) is 10.8. The van der Waals surface area contributed by atoms with Crippen LogP contribution in [0, 0.1) is 11.3 Å². The van der Waals surface area contributed by atoms with Crippen LogP contribution in [0.4, 0.5) is 0 Å². The Morgan fingerprint density at radius 2 is 2.23 bits per heavy atom. The lowest BCUT2D eigenvalue weighted by Gasteiger charge is -2.04. The van der Waals surface area contributed by atoms with Crippen LogP contribution in [-0.4, -0.2) is 24.7 Å². The molecule has 5 nitrogen and oxygen atoms in total. The highest BCUT2D eigenvalue weighted by atomic mass is 16.5. The van der Waals surface area contributed by atoms with Crippen LogP contribution in [-0.2, 0) is 9.53 Å². The second-order valence-corrected chi connectivity index (χ2v) is 2.54. The van der Waals surface area contributed by atoms with E-state index in [0.29, 0.717) is 0 Å². The van der Waals surface area contributed by atoms with Gasteiger partial charge in [0.1, 0.15) is 12.1 Å². The van der Waals surface area contributed by atoms with Crippen molar-refractivity contribution in [3.8, 4) is 6.07 Å². The van der Waals surface area contributed by atoms with E-state index in [1.807, 2.05) is 0 Å². The maximum atomic E-state index is 10.9. The molecule has 4 N–H and O–H groups in total. The molecule has 0 aliphatic heterocycles. The molecule has 2 atom stereocenters. The van der Waals surface area contributed by atoms with E-state index in [1.54, 1.807) is 19.1 Å². The van der Waals surface area contributed by atoms with Crippen LogP contribution in [0.3, 0.4) is 0 Å². The molecule has 0 heterocycles. The van der Waals surface area contributed by atoms with Gasteiger partial charge in [0.2, 0.25) is 0 Å². The molecule has 72 valence electrons. The van der Waals surface area contributed by atoms with Crippen LogP contribution in [0.25, 0.3) is 0 Å². The van der Waals surface area contributed by atoms with Crippen molar-refractivity contribution in [3.63, 3.8) is 0 Å². The second-order valence-electron chi connectivity index (χ2n) is 2.54. The third-order valence-corrected chi connectivity index (χ3v) is 1.17. The molecule has 0 aromatic rings. The van der Waals surface area contributed by atoms with Gasteiger partial charge < -0.3 is 16.2 Å². The Balaban J connectivity index is 3.90. The summed E-state index contributed by atoms with van der Waals surface area (Å²) in [6.45, 7) is 1.47. The number of carbonyl (C=O) groups excluding carboxylic acids is 1. The minimum absolute atomic E-state index is 0.158. The fourth-order valence-electron chi connectivity index (χ4n) is 0.573. The van der Waals surface area contributed by atoms with E-state index in [-0.39, 0.29) is 12.6 Å². The van der Waals surface area contributed by atoms with Gasteiger partial charge in [-0.15, -0.1) is 0 Å². The van der Waals surface area contributed by atoms with Crippen molar-refractivity contribution in [1.82, 2.24) is 0 Å². The van der Waals surface area contributed by atoms with E-state index in [0.717, 1.165) is 0 Å². The zero-order valence-electron chi connectivity index (χ0n) is 7.43. The summed E-state index contributed by atoms with van der Waals surface area (Å²) in [4.78, 5) is 10.9. The number of nitriles is 1. The average Bonchev–Trinajstić information content (AvgIpc) is 2.10. The van der Waals surface area contributed by atoms with Crippen LogP contribution < -0.4 is 11.5 Å². The number of nitrogens with zero attached hydrogens (tertiary/aromatic N) is 1. The Morgan fingerprint density at radius 1 is 1.62 bits per heavy atom. The van der Waals surface area contributed by atoms with Crippen LogP contribution in [0.2, 0.25) is 0 Å². The molecule has 0 fully saturated rings. The Morgan fingerprint density at radius 3 is 2.69 bits per heavy atom. The summed E-state index contributed by atoms with van der Waals surface area (Å²) in [6.07, 6.45) is 3.04. The monoisotopic (exact) mass is 183 g/mol. The molecular weight excluding hydrogens is 170 g/mol. The van der Waals surface area contributed by atoms with E-state index < -0.39 is 12.0 Å². The molecule has 0 rings (SSSR count). The molecule has 0 saturated carbocycles. The maximum Gasteiger partial charge on any atom is 0.327 e. The molecule has 0 amide bonds. The number of ether oxygens (including phenoxy) is 1. The molecule has 2 unspecified atom stereocenters. The van der Waals surface area contributed by atoms with Gasteiger partial charge in [0.15, 0.2) is 6.61 Å². The maximum absolute atomic E-state index is 10.9. The first-order chi connectivity index (χ1) is 6.07. The predicted octanol–water partition coefficient (Wildman–Crippen LogP) is -0.716. The molecular formula is C8H13N3O2. The van der Waals surface area contributed by atoms with E-state index in [1.165, 1.54) is 6.08 Å². The molecule has 13 heavy (non-hydrogen) atoms. The van der Waals surface area contributed by atoms with Gasteiger partial charge in [-0.1, -0.05) is 12.2 Å². The lowest BCUT2D eigenvalue weighted by Crippen LogP contribution is -2.30. The molecule has 0 bridgehead atoms. The van der Waals surface area contributed by atoms with Crippen LogP contribution in [0.5, 0.6) is 0 Å². The van der Waals surface area contributed by atoms with Gasteiger partial charge in [0.05, 0.1) is 0 Å². The minimum Gasteiger partial charge on any atom is -0.449 e. The Labute approximate surface area is 77.0 Å². The number of carbonyl (C=O) groups is 1. The normalized spacial score (nSPS) is 14.9. The van der Waals surface area contributed by atoms with Crippen LogP contribution in [0.1, 0.15) is 6.92 Å². The summed E-state index contributed by atoms with van der Waals surface area (Å²) in [5.74, 6) is -0.626. The standard InChI is InChI=1S/C8H13N3O2/c1-6(10)2-3-7(11)8(12)13-5-4-9/h2-3,6-7H,5,10-11H2,1H3/b3-2-. The van der Waals surface area contributed by atoms with Crippen molar-refractivity contribution in [1.29, 1.82) is 5.26 Å². The zero-order valence-corrected chi connectivity index (χ0v) is 7.43. The lowest BCUT2D eigenvalue weighted by atomic mass is 10.2. The molecule has 0 aromatic heterocycles. The average molecular weight is 183 g/mol.